The molecule has 0 unspecified atom stereocenters. The molecule has 0 spiro atoms. The molecule has 150 valence electrons. The lowest BCUT2D eigenvalue weighted by Gasteiger charge is -2.08. The van der Waals surface area contributed by atoms with Gasteiger partial charge >= 0.3 is 5.97 Å². The Morgan fingerprint density at radius 1 is 0.967 bits per heavy atom. The molecule has 30 heavy (non-hydrogen) atoms. The first-order chi connectivity index (χ1) is 14.7. The molecule has 3 rings (SSSR count). The number of amides is 1. The first-order valence-electron chi connectivity index (χ1n) is 9.02. The van der Waals surface area contributed by atoms with Gasteiger partial charge in [0.25, 0.3) is 5.91 Å². The number of methoxy groups -OCH3 is 1. The molecular weight excluding hydrogens is 382 g/mol. The smallest absolute Gasteiger partial charge is 0.336 e. The second-order valence-electron chi connectivity index (χ2n) is 6.01. The van der Waals surface area contributed by atoms with Crippen molar-refractivity contribution in [2.45, 2.75) is 0 Å². The number of nitrogens with zero attached hydrogens (tertiary/aromatic N) is 2. The second-order valence-corrected chi connectivity index (χ2v) is 6.01. The summed E-state index contributed by atoms with van der Waals surface area (Å²) >= 11 is 0. The number of esters is 1. The van der Waals surface area contributed by atoms with Crippen molar-refractivity contribution in [3.05, 3.63) is 95.8 Å². The van der Waals surface area contributed by atoms with Crippen molar-refractivity contribution < 1.29 is 19.1 Å². The number of hydrogen-bond acceptors (Lipinski definition) is 6. The van der Waals surface area contributed by atoms with Gasteiger partial charge in [-0.1, -0.05) is 30.3 Å². The van der Waals surface area contributed by atoms with Crippen LogP contribution in [0.15, 0.2) is 84.2 Å². The molecule has 0 aliphatic rings. The standard InChI is InChI=1S/C23H19N3O4/c1-29-21-15-18(16-25-26-23(28)19-11-13-24-14-12-19)7-9-20(21)30-22(27)10-8-17-5-3-2-4-6-17/h2-16H,1H3,(H,26,28). The third-order valence-electron chi connectivity index (χ3n) is 3.93. The Bertz CT molecular complexity index is 1060. The van der Waals surface area contributed by atoms with Gasteiger partial charge in [-0.15, -0.1) is 0 Å². The van der Waals surface area contributed by atoms with Gasteiger partial charge in [0.15, 0.2) is 11.5 Å². The number of nitrogens with one attached hydrogen (secondary N) is 1. The lowest BCUT2D eigenvalue weighted by Crippen LogP contribution is -2.17. The van der Waals surface area contributed by atoms with E-state index in [0.29, 0.717) is 16.9 Å². The minimum atomic E-state index is -0.525. The molecule has 0 fully saturated rings. The van der Waals surface area contributed by atoms with E-state index < -0.39 is 5.97 Å². The predicted octanol–water partition coefficient (Wildman–Crippen LogP) is 3.47. The Morgan fingerprint density at radius 2 is 1.73 bits per heavy atom. The van der Waals surface area contributed by atoms with E-state index >= 15 is 0 Å². The van der Waals surface area contributed by atoms with Crippen molar-refractivity contribution in [1.82, 2.24) is 10.4 Å². The lowest BCUT2D eigenvalue weighted by atomic mass is 10.2. The largest absolute Gasteiger partial charge is 0.493 e. The molecule has 2 aromatic carbocycles. The highest BCUT2D eigenvalue weighted by Crippen LogP contribution is 2.27. The molecular formula is C23H19N3O4. The monoisotopic (exact) mass is 401 g/mol. The van der Waals surface area contributed by atoms with Crippen molar-refractivity contribution in [3.63, 3.8) is 0 Å². The Kier molecular flexibility index (Phi) is 7.05. The Labute approximate surface area is 173 Å². The second kappa shape index (κ2) is 10.3. The number of hydrogen-bond donors (Lipinski definition) is 1. The fraction of sp³-hybridized carbons (Fsp3) is 0.0435. The molecule has 0 radical (unpaired) electrons. The van der Waals surface area contributed by atoms with Gasteiger partial charge in [-0.25, -0.2) is 10.2 Å². The average Bonchev–Trinajstić information content (AvgIpc) is 2.79. The number of carbonyl (C=O) groups is 2. The molecule has 7 heteroatoms. The summed E-state index contributed by atoms with van der Waals surface area (Å²) in [6, 6.07) is 17.5. The van der Waals surface area contributed by atoms with Crippen LogP contribution in [0.25, 0.3) is 6.08 Å². The molecule has 0 saturated carbocycles. The topological polar surface area (TPSA) is 89.9 Å². The van der Waals surface area contributed by atoms with E-state index in [9.17, 15) is 9.59 Å². The van der Waals surface area contributed by atoms with Gasteiger partial charge in [0.05, 0.1) is 13.3 Å². The number of hydrazone groups is 1. The van der Waals surface area contributed by atoms with Crippen LogP contribution in [-0.4, -0.2) is 30.2 Å². The van der Waals surface area contributed by atoms with Crippen molar-refractivity contribution in [3.8, 4) is 11.5 Å². The van der Waals surface area contributed by atoms with Crippen LogP contribution in [-0.2, 0) is 4.79 Å². The third kappa shape index (κ3) is 5.87. The van der Waals surface area contributed by atoms with Crippen molar-refractivity contribution in [2.24, 2.45) is 5.10 Å². The van der Waals surface area contributed by atoms with Gasteiger partial charge in [0, 0.05) is 24.0 Å². The summed E-state index contributed by atoms with van der Waals surface area (Å²) in [7, 11) is 1.47. The van der Waals surface area contributed by atoms with Gasteiger partial charge in [0.1, 0.15) is 0 Å². The van der Waals surface area contributed by atoms with E-state index in [0.717, 1.165) is 5.56 Å². The zero-order chi connectivity index (χ0) is 21.2. The van der Waals surface area contributed by atoms with Crippen LogP contribution in [0.5, 0.6) is 11.5 Å². The minimum Gasteiger partial charge on any atom is -0.493 e. The summed E-state index contributed by atoms with van der Waals surface area (Å²) in [5.74, 6) is -0.237. The zero-order valence-electron chi connectivity index (χ0n) is 16.2. The maximum Gasteiger partial charge on any atom is 0.336 e. The van der Waals surface area contributed by atoms with Crippen molar-refractivity contribution >= 4 is 24.2 Å². The summed E-state index contributed by atoms with van der Waals surface area (Å²) < 4.78 is 10.6. The van der Waals surface area contributed by atoms with Crippen LogP contribution >= 0.6 is 0 Å². The third-order valence-corrected chi connectivity index (χ3v) is 3.93. The zero-order valence-corrected chi connectivity index (χ0v) is 16.2. The number of ether oxygens (including phenoxy) is 2. The fourth-order valence-electron chi connectivity index (χ4n) is 2.45. The van der Waals surface area contributed by atoms with Crippen molar-refractivity contribution in [1.29, 1.82) is 0 Å². The minimum absolute atomic E-state index is 0.276. The molecule has 0 saturated heterocycles. The summed E-state index contributed by atoms with van der Waals surface area (Å²) in [5, 5.41) is 3.93. The summed E-state index contributed by atoms with van der Waals surface area (Å²) in [6.45, 7) is 0. The van der Waals surface area contributed by atoms with E-state index in [2.05, 4.69) is 15.5 Å². The molecule has 1 heterocycles. The fourth-order valence-corrected chi connectivity index (χ4v) is 2.45. The summed E-state index contributed by atoms with van der Waals surface area (Å²) in [5.41, 5.74) is 4.43. The number of benzene rings is 2. The van der Waals surface area contributed by atoms with Gasteiger partial charge in [-0.3, -0.25) is 9.78 Å². The van der Waals surface area contributed by atoms with Crippen molar-refractivity contribution in [2.75, 3.05) is 7.11 Å². The number of carbonyl (C=O) groups excluding carboxylic acids is 2. The average molecular weight is 401 g/mol. The number of aromatic nitrogens is 1. The highest BCUT2D eigenvalue weighted by atomic mass is 16.6. The van der Waals surface area contributed by atoms with E-state index in [1.165, 1.54) is 31.8 Å². The maximum absolute atomic E-state index is 12.1. The number of pyridine rings is 1. The number of rotatable bonds is 7. The van der Waals surface area contributed by atoms with Crippen LogP contribution in [0.1, 0.15) is 21.5 Å². The first kappa shape index (κ1) is 20.5. The van der Waals surface area contributed by atoms with Crippen LogP contribution in [0, 0.1) is 0 Å². The molecule has 0 aliphatic carbocycles. The predicted molar refractivity (Wildman–Crippen MR) is 113 cm³/mol. The van der Waals surface area contributed by atoms with Crippen LogP contribution in [0.3, 0.4) is 0 Å². The summed E-state index contributed by atoms with van der Waals surface area (Å²) in [6.07, 6.45) is 7.53. The molecule has 0 aliphatic heterocycles. The van der Waals surface area contributed by atoms with E-state index in [4.69, 9.17) is 9.47 Å². The van der Waals surface area contributed by atoms with E-state index in [1.54, 1.807) is 36.4 Å². The Hall–Kier alpha value is -4.26. The lowest BCUT2D eigenvalue weighted by molar-refractivity contribution is -0.129. The normalized spacial score (nSPS) is 10.8. The Balaban J connectivity index is 1.62. The van der Waals surface area contributed by atoms with Gasteiger partial charge in [-0.2, -0.15) is 5.10 Å². The van der Waals surface area contributed by atoms with Crippen LogP contribution < -0.4 is 14.9 Å². The van der Waals surface area contributed by atoms with Gasteiger partial charge in [-0.05, 0) is 47.5 Å². The van der Waals surface area contributed by atoms with E-state index in [-0.39, 0.29) is 11.7 Å². The molecule has 7 nitrogen and oxygen atoms in total. The molecule has 1 N–H and O–H groups in total. The van der Waals surface area contributed by atoms with Gasteiger partial charge < -0.3 is 9.47 Å². The quantitative estimate of drug-likeness (QED) is 0.215. The molecule has 3 aromatic rings. The summed E-state index contributed by atoms with van der Waals surface area (Å²) in [4.78, 5) is 27.9. The van der Waals surface area contributed by atoms with Gasteiger partial charge in [0.2, 0.25) is 0 Å². The first-order valence-corrected chi connectivity index (χ1v) is 9.02. The SMILES string of the molecule is COc1cc(C=NNC(=O)c2ccncc2)ccc1OC(=O)C=Cc1ccccc1. The molecule has 0 atom stereocenters. The van der Waals surface area contributed by atoms with Crippen LogP contribution in [0.2, 0.25) is 0 Å². The van der Waals surface area contributed by atoms with Crippen LogP contribution in [0.4, 0.5) is 0 Å². The highest BCUT2D eigenvalue weighted by molar-refractivity contribution is 5.94. The molecule has 1 amide bonds. The molecule has 1 aromatic heterocycles. The maximum atomic E-state index is 12.1. The van der Waals surface area contributed by atoms with E-state index in [1.807, 2.05) is 30.3 Å². The Morgan fingerprint density at radius 3 is 2.47 bits per heavy atom. The molecule has 0 bridgehead atoms. The highest BCUT2D eigenvalue weighted by Gasteiger charge is 2.09.